The summed E-state index contributed by atoms with van der Waals surface area (Å²) < 4.78 is 13.6. The van der Waals surface area contributed by atoms with Gasteiger partial charge in [-0.1, -0.05) is 18.2 Å². The number of benzene rings is 2. The molecule has 3 rings (SSSR count). The van der Waals surface area contributed by atoms with Crippen LogP contribution in [0.3, 0.4) is 0 Å². The van der Waals surface area contributed by atoms with E-state index < -0.39 is 0 Å². The van der Waals surface area contributed by atoms with E-state index in [2.05, 4.69) is 16.0 Å². The van der Waals surface area contributed by atoms with Crippen LogP contribution >= 0.6 is 11.8 Å². The lowest BCUT2D eigenvalue weighted by Gasteiger charge is -2.22. The highest BCUT2D eigenvalue weighted by Crippen LogP contribution is 2.14. The zero-order valence-electron chi connectivity index (χ0n) is 14.8. The van der Waals surface area contributed by atoms with Gasteiger partial charge in [-0.2, -0.15) is 11.8 Å². The Bertz CT molecular complexity index is 792. The van der Waals surface area contributed by atoms with Crippen molar-refractivity contribution in [3.8, 4) is 0 Å². The highest BCUT2D eigenvalue weighted by atomic mass is 32.2. The zero-order chi connectivity index (χ0) is 19.1. The lowest BCUT2D eigenvalue weighted by molar-refractivity contribution is -0.116. The van der Waals surface area contributed by atoms with E-state index in [9.17, 15) is 14.0 Å². The Kier molecular flexibility index (Phi) is 6.84. The third kappa shape index (κ3) is 5.80. The lowest BCUT2D eigenvalue weighted by Crippen LogP contribution is -2.39. The van der Waals surface area contributed by atoms with E-state index >= 15 is 0 Å². The molecule has 1 atom stereocenters. The fourth-order valence-electron chi connectivity index (χ4n) is 2.81. The summed E-state index contributed by atoms with van der Waals surface area (Å²) in [6, 6.07) is 13.2. The van der Waals surface area contributed by atoms with Crippen molar-refractivity contribution in [2.45, 2.75) is 19.0 Å². The van der Waals surface area contributed by atoms with Gasteiger partial charge < -0.3 is 16.0 Å². The number of carbonyl (C=O) groups is 2. The van der Waals surface area contributed by atoms with Crippen LogP contribution < -0.4 is 16.0 Å². The van der Waals surface area contributed by atoms with Gasteiger partial charge in [0.15, 0.2) is 0 Å². The van der Waals surface area contributed by atoms with E-state index in [1.165, 1.54) is 6.07 Å². The number of rotatable bonds is 6. The van der Waals surface area contributed by atoms with Crippen molar-refractivity contribution < 1.29 is 14.0 Å². The van der Waals surface area contributed by atoms with Crippen molar-refractivity contribution in [2.75, 3.05) is 23.4 Å². The second-order valence-corrected chi connectivity index (χ2v) is 7.48. The summed E-state index contributed by atoms with van der Waals surface area (Å²) in [5.41, 5.74) is 1.54. The minimum Gasteiger partial charge on any atom is -0.348 e. The molecule has 1 unspecified atom stereocenters. The van der Waals surface area contributed by atoms with E-state index in [4.69, 9.17) is 0 Å². The van der Waals surface area contributed by atoms with Crippen LogP contribution in [-0.4, -0.2) is 35.9 Å². The van der Waals surface area contributed by atoms with E-state index in [1.54, 1.807) is 42.5 Å². The number of hydrogen-bond donors (Lipinski definition) is 3. The van der Waals surface area contributed by atoms with Crippen molar-refractivity contribution in [3.05, 3.63) is 65.5 Å². The minimum absolute atomic E-state index is 0.0493. The summed E-state index contributed by atoms with van der Waals surface area (Å²) in [7, 11) is 0. The molecule has 0 spiro atoms. The van der Waals surface area contributed by atoms with E-state index in [0.29, 0.717) is 23.2 Å². The van der Waals surface area contributed by atoms with E-state index in [1.807, 2.05) is 11.8 Å². The first kappa shape index (κ1) is 19.4. The van der Waals surface area contributed by atoms with Crippen LogP contribution in [-0.2, 0) is 11.3 Å². The number of carbonyl (C=O) groups excluding carboxylic acids is 2. The molecule has 27 heavy (non-hydrogen) atoms. The van der Waals surface area contributed by atoms with Crippen molar-refractivity contribution in [2.24, 2.45) is 0 Å². The Hall–Kier alpha value is -2.38. The largest absolute Gasteiger partial charge is 0.348 e. The van der Waals surface area contributed by atoms with Crippen LogP contribution in [0.5, 0.6) is 0 Å². The smallest absolute Gasteiger partial charge is 0.251 e. The number of hydrogen-bond acceptors (Lipinski definition) is 4. The van der Waals surface area contributed by atoms with Gasteiger partial charge in [-0.25, -0.2) is 4.39 Å². The second kappa shape index (κ2) is 9.53. The maximum absolute atomic E-state index is 13.6. The highest BCUT2D eigenvalue weighted by Gasteiger charge is 2.16. The van der Waals surface area contributed by atoms with Gasteiger partial charge in [0.05, 0.1) is 0 Å². The number of amides is 2. The molecule has 0 aliphatic carbocycles. The molecule has 1 saturated heterocycles. The lowest BCUT2D eigenvalue weighted by atomic mass is 10.1. The first-order valence-corrected chi connectivity index (χ1v) is 10.00. The molecule has 0 aromatic heterocycles. The SMILES string of the molecule is O=C(CC1CSCCN1)Nc1ccc(C(=O)NCc2ccccc2F)cc1. The maximum Gasteiger partial charge on any atom is 0.251 e. The Morgan fingerprint density at radius 2 is 1.93 bits per heavy atom. The highest BCUT2D eigenvalue weighted by molar-refractivity contribution is 7.99. The predicted octanol–water partition coefficient (Wildman–Crippen LogP) is 2.79. The Labute approximate surface area is 162 Å². The molecule has 0 radical (unpaired) electrons. The molecule has 1 fully saturated rings. The van der Waals surface area contributed by atoms with Crippen LogP contribution in [0.2, 0.25) is 0 Å². The quantitative estimate of drug-likeness (QED) is 0.713. The molecule has 142 valence electrons. The third-order valence-electron chi connectivity index (χ3n) is 4.26. The average molecular weight is 387 g/mol. The maximum atomic E-state index is 13.6. The molecule has 7 heteroatoms. The number of anilines is 1. The van der Waals surface area contributed by atoms with Crippen molar-refractivity contribution in [3.63, 3.8) is 0 Å². The van der Waals surface area contributed by atoms with Crippen molar-refractivity contribution in [1.29, 1.82) is 0 Å². The molecule has 2 aromatic rings. The first-order valence-electron chi connectivity index (χ1n) is 8.84. The Morgan fingerprint density at radius 3 is 2.63 bits per heavy atom. The second-order valence-electron chi connectivity index (χ2n) is 6.33. The third-order valence-corrected chi connectivity index (χ3v) is 5.39. The normalized spacial score (nSPS) is 16.6. The van der Waals surface area contributed by atoms with Gasteiger partial charge in [0.1, 0.15) is 5.82 Å². The summed E-state index contributed by atoms with van der Waals surface area (Å²) in [6.07, 6.45) is 0.428. The van der Waals surface area contributed by atoms with E-state index in [0.717, 1.165) is 18.1 Å². The van der Waals surface area contributed by atoms with Gasteiger partial charge in [0, 0.05) is 53.9 Å². The van der Waals surface area contributed by atoms with Gasteiger partial charge >= 0.3 is 0 Å². The monoisotopic (exact) mass is 387 g/mol. The molecule has 5 nitrogen and oxygen atoms in total. The fraction of sp³-hybridized carbons (Fsp3) is 0.300. The average Bonchev–Trinajstić information content (AvgIpc) is 2.68. The van der Waals surface area contributed by atoms with Crippen molar-refractivity contribution >= 4 is 29.3 Å². The van der Waals surface area contributed by atoms with Crippen LogP contribution in [0, 0.1) is 5.82 Å². The topological polar surface area (TPSA) is 70.2 Å². The van der Waals surface area contributed by atoms with Gasteiger partial charge in [0.25, 0.3) is 5.91 Å². The summed E-state index contributed by atoms with van der Waals surface area (Å²) >= 11 is 1.85. The minimum atomic E-state index is -0.346. The van der Waals surface area contributed by atoms with Crippen LogP contribution in [0.15, 0.2) is 48.5 Å². The van der Waals surface area contributed by atoms with Crippen LogP contribution in [0.1, 0.15) is 22.3 Å². The van der Waals surface area contributed by atoms with Gasteiger partial charge in [-0.05, 0) is 30.3 Å². The number of halogens is 1. The summed E-state index contributed by atoms with van der Waals surface area (Å²) in [4.78, 5) is 24.3. The molecule has 1 heterocycles. The summed E-state index contributed by atoms with van der Waals surface area (Å²) in [6.45, 7) is 1.05. The molecular weight excluding hydrogens is 365 g/mol. The van der Waals surface area contributed by atoms with Gasteiger partial charge in [-0.15, -0.1) is 0 Å². The van der Waals surface area contributed by atoms with Crippen LogP contribution in [0.4, 0.5) is 10.1 Å². The molecular formula is C20H22FN3O2S. The standard InChI is InChI=1S/C20H22FN3O2S/c21-18-4-2-1-3-15(18)12-23-20(26)14-5-7-16(8-6-14)24-19(25)11-17-13-27-10-9-22-17/h1-8,17,22H,9-13H2,(H,23,26)(H,24,25). The molecule has 1 aliphatic heterocycles. The Morgan fingerprint density at radius 1 is 1.15 bits per heavy atom. The molecule has 0 saturated carbocycles. The first-order chi connectivity index (χ1) is 13.1. The molecule has 2 aromatic carbocycles. The molecule has 1 aliphatic rings. The summed E-state index contributed by atoms with van der Waals surface area (Å²) in [5, 5.41) is 8.87. The van der Waals surface area contributed by atoms with Crippen molar-refractivity contribution in [1.82, 2.24) is 10.6 Å². The zero-order valence-corrected chi connectivity index (χ0v) is 15.7. The number of nitrogens with one attached hydrogen (secondary N) is 3. The number of thioether (sulfide) groups is 1. The molecule has 2 amide bonds. The fourth-order valence-corrected chi connectivity index (χ4v) is 3.76. The molecule has 3 N–H and O–H groups in total. The van der Waals surface area contributed by atoms with Gasteiger partial charge in [0.2, 0.25) is 5.91 Å². The summed E-state index contributed by atoms with van der Waals surface area (Å²) in [5.74, 6) is 1.33. The van der Waals surface area contributed by atoms with Gasteiger partial charge in [-0.3, -0.25) is 9.59 Å². The van der Waals surface area contributed by atoms with Crippen LogP contribution in [0.25, 0.3) is 0 Å². The Balaban J connectivity index is 1.49. The predicted molar refractivity (Wildman–Crippen MR) is 106 cm³/mol. The molecule has 0 bridgehead atoms. The van der Waals surface area contributed by atoms with E-state index in [-0.39, 0.29) is 30.2 Å².